The third-order valence-corrected chi connectivity index (χ3v) is 4.83. The van der Waals surface area contributed by atoms with Gasteiger partial charge in [-0.1, -0.05) is 23.7 Å². The lowest BCUT2D eigenvalue weighted by molar-refractivity contribution is -0.134. The van der Waals surface area contributed by atoms with Crippen LogP contribution in [0.1, 0.15) is 24.8 Å². The van der Waals surface area contributed by atoms with Crippen LogP contribution in [0.2, 0.25) is 5.02 Å². The van der Waals surface area contributed by atoms with E-state index in [1.165, 1.54) is 5.56 Å². The number of rotatable bonds is 4. The van der Waals surface area contributed by atoms with Crippen LogP contribution in [0.15, 0.2) is 24.3 Å². The standard InChI is InChI=1S/C17H23ClN2O2/c1-12(21)11-19-5-7-20(8-6-19)17(22)16-10-15(16)13-3-2-4-14(18)9-13/h2-4,9,12,15-16,21H,5-8,10-11H2,1H3/t12-,15-,16+/m0/s1. The van der Waals surface area contributed by atoms with Crippen LogP contribution in [-0.2, 0) is 4.79 Å². The Kier molecular flexibility index (Phi) is 4.71. The molecule has 1 saturated carbocycles. The minimum absolute atomic E-state index is 0.127. The topological polar surface area (TPSA) is 43.8 Å². The summed E-state index contributed by atoms with van der Waals surface area (Å²) in [5.74, 6) is 0.741. The molecule has 0 unspecified atom stereocenters. The van der Waals surface area contributed by atoms with Crippen molar-refractivity contribution in [3.63, 3.8) is 0 Å². The third-order valence-electron chi connectivity index (χ3n) is 4.59. The summed E-state index contributed by atoms with van der Waals surface area (Å²) < 4.78 is 0. The molecule has 1 amide bonds. The molecule has 1 aliphatic carbocycles. The first-order valence-electron chi connectivity index (χ1n) is 7.99. The summed E-state index contributed by atoms with van der Waals surface area (Å²) in [7, 11) is 0. The molecule has 1 aliphatic heterocycles. The van der Waals surface area contributed by atoms with E-state index in [1.807, 2.05) is 23.1 Å². The zero-order valence-electron chi connectivity index (χ0n) is 12.9. The number of aliphatic hydroxyl groups is 1. The summed E-state index contributed by atoms with van der Waals surface area (Å²) in [5.41, 5.74) is 1.18. The van der Waals surface area contributed by atoms with E-state index in [0.29, 0.717) is 12.5 Å². The lowest BCUT2D eigenvalue weighted by Gasteiger charge is -2.35. The highest BCUT2D eigenvalue weighted by Crippen LogP contribution is 2.48. The minimum atomic E-state index is -0.308. The number of amides is 1. The normalized spacial score (nSPS) is 26.8. The number of carbonyl (C=O) groups is 1. The highest BCUT2D eigenvalue weighted by Gasteiger charge is 2.46. The van der Waals surface area contributed by atoms with Crippen LogP contribution in [0.4, 0.5) is 0 Å². The molecule has 1 aromatic carbocycles. The van der Waals surface area contributed by atoms with Crippen LogP contribution in [0, 0.1) is 5.92 Å². The first-order valence-corrected chi connectivity index (χ1v) is 8.37. The Balaban J connectivity index is 1.52. The van der Waals surface area contributed by atoms with Crippen LogP contribution in [-0.4, -0.2) is 59.6 Å². The van der Waals surface area contributed by atoms with E-state index in [2.05, 4.69) is 11.0 Å². The van der Waals surface area contributed by atoms with Gasteiger partial charge in [-0.25, -0.2) is 0 Å². The van der Waals surface area contributed by atoms with Crippen molar-refractivity contribution in [2.45, 2.75) is 25.4 Å². The van der Waals surface area contributed by atoms with Crippen LogP contribution < -0.4 is 0 Å². The van der Waals surface area contributed by atoms with Crippen molar-refractivity contribution in [3.05, 3.63) is 34.9 Å². The number of benzene rings is 1. The maximum Gasteiger partial charge on any atom is 0.226 e. The first-order chi connectivity index (χ1) is 10.5. The SMILES string of the molecule is C[C@H](O)CN1CCN(C(=O)[C@@H]2C[C@H]2c2cccc(Cl)c2)CC1. The zero-order chi connectivity index (χ0) is 15.7. The Bertz CT molecular complexity index is 541. The molecule has 2 fully saturated rings. The quantitative estimate of drug-likeness (QED) is 0.921. The number of hydrogen-bond donors (Lipinski definition) is 1. The van der Waals surface area contributed by atoms with Gasteiger partial charge in [0.25, 0.3) is 0 Å². The summed E-state index contributed by atoms with van der Waals surface area (Å²) in [6, 6.07) is 7.85. The maximum absolute atomic E-state index is 12.6. The first kappa shape index (κ1) is 15.8. The van der Waals surface area contributed by atoms with E-state index in [4.69, 9.17) is 11.6 Å². The summed E-state index contributed by atoms with van der Waals surface area (Å²) in [6.07, 6.45) is 0.630. The number of piperazine rings is 1. The largest absolute Gasteiger partial charge is 0.392 e. The van der Waals surface area contributed by atoms with Gasteiger partial charge in [0.05, 0.1) is 6.10 Å². The number of hydrogen-bond acceptors (Lipinski definition) is 3. The van der Waals surface area contributed by atoms with Crippen molar-refractivity contribution < 1.29 is 9.90 Å². The van der Waals surface area contributed by atoms with Gasteiger partial charge in [-0.2, -0.15) is 0 Å². The average Bonchev–Trinajstić information content (AvgIpc) is 3.27. The van der Waals surface area contributed by atoms with Crippen molar-refractivity contribution in [1.29, 1.82) is 0 Å². The van der Waals surface area contributed by atoms with E-state index < -0.39 is 0 Å². The second-order valence-corrected chi connectivity index (χ2v) is 6.92. The van der Waals surface area contributed by atoms with E-state index in [0.717, 1.165) is 37.6 Å². The lowest BCUT2D eigenvalue weighted by atomic mass is 10.1. The van der Waals surface area contributed by atoms with E-state index in [-0.39, 0.29) is 17.9 Å². The predicted octanol–water partition coefficient (Wildman–Crippen LogP) is 1.97. The van der Waals surface area contributed by atoms with E-state index in [9.17, 15) is 9.90 Å². The molecule has 1 heterocycles. The van der Waals surface area contributed by atoms with Crippen LogP contribution >= 0.6 is 11.6 Å². The number of aliphatic hydroxyl groups excluding tert-OH is 1. The highest BCUT2D eigenvalue weighted by atomic mass is 35.5. The molecule has 0 radical (unpaired) electrons. The fourth-order valence-corrected chi connectivity index (χ4v) is 3.53. The average molecular weight is 323 g/mol. The van der Waals surface area contributed by atoms with E-state index in [1.54, 1.807) is 6.92 Å². The molecular weight excluding hydrogens is 300 g/mol. The third kappa shape index (κ3) is 3.62. The van der Waals surface area contributed by atoms with Crippen molar-refractivity contribution in [3.8, 4) is 0 Å². The molecular formula is C17H23ClN2O2. The second-order valence-electron chi connectivity index (χ2n) is 6.48. The van der Waals surface area contributed by atoms with Crippen molar-refractivity contribution in [2.24, 2.45) is 5.92 Å². The number of halogens is 1. The van der Waals surface area contributed by atoms with Gasteiger partial charge in [0.2, 0.25) is 5.91 Å². The molecule has 0 bridgehead atoms. The number of nitrogens with zero attached hydrogens (tertiary/aromatic N) is 2. The molecule has 3 rings (SSSR count). The fraction of sp³-hybridized carbons (Fsp3) is 0.588. The smallest absolute Gasteiger partial charge is 0.226 e. The summed E-state index contributed by atoms with van der Waals surface area (Å²) in [5, 5.41) is 10.2. The van der Waals surface area contributed by atoms with Gasteiger partial charge >= 0.3 is 0 Å². The van der Waals surface area contributed by atoms with Gasteiger partial charge in [-0.3, -0.25) is 9.69 Å². The highest BCUT2D eigenvalue weighted by molar-refractivity contribution is 6.30. The van der Waals surface area contributed by atoms with Crippen molar-refractivity contribution in [2.75, 3.05) is 32.7 Å². The van der Waals surface area contributed by atoms with Gasteiger partial charge in [0.1, 0.15) is 0 Å². The Labute approximate surface area is 136 Å². The molecule has 3 atom stereocenters. The zero-order valence-corrected chi connectivity index (χ0v) is 13.7. The van der Waals surface area contributed by atoms with Crippen LogP contribution in [0.3, 0.4) is 0 Å². The van der Waals surface area contributed by atoms with Gasteiger partial charge in [-0.05, 0) is 37.0 Å². The molecule has 1 aromatic rings. The molecule has 0 spiro atoms. The summed E-state index contributed by atoms with van der Waals surface area (Å²) in [6.45, 7) is 5.74. The molecule has 120 valence electrons. The van der Waals surface area contributed by atoms with Crippen LogP contribution in [0.25, 0.3) is 0 Å². The molecule has 1 N–H and O–H groups in total. The Morgan fingerprint density at radius 3 is 2.73 bits per heavy atom. The summed E-state index contributed by atoms with van der Waals surface area (Å²) >= 11 is 6.03. The van der Waals surface area contributed by atoms with Crippen molar-refractivity contribution >= 4 is 17.5 Å². The lowest BCUT2D eigenvalue weighted by Crippen LogP contribution is -2.50. The van der Waals surface area contributed by atoms with Crippen LogP contribution in [0.5, 0.6) is 0 Å². The molecule has 5 heteroatoms. The maximum atomic E-state index is 12.6. The second kappa shape index (κ2) is 6.57. The fourth-order valence-electron chi connectivity index (χ4n) is 3.33. The van der Waals surface area contributed by atoms with Gasteiger partial charge in [-0.15, -0.1) is 0 Å². The van der Waals surface area contributed by atoms with Gasteiger partial charge in [0.15, 0.2) is 0 Å². The van der Waals surface area contributed by atoms with E-state index >= 15 is 0 Å². The van der Waals surface area contributed by atoms with Gasteiger partial charge < -0.3 is 10.0 Å². The molecule has 0 aromatic heterocycles. The molecule has 2 aliphatic rings. The van der Waals surface area contributed by atoms with Gasteiger partial charge in [0, 0.05) is 43.7 Å². The number of β-amino-alcohol motifs (C(OH)–C–C–N with tert-alkyl or cyclic N) is 1. The Hall–Kier alpha value is -1.10. The summed E-state index contributed by atoms with van der Waals surface area (Å²) in [4.78, 5) is 16.8. The molecule has 22 heavy (non-hydrogen) atoms. The molecule has 1 saturated heterocycles. The minimum Gasteiger partial charge on any atom is -0.392 e. The predicted molar refractivity (Wildman–Crippen MR) is 87.0 cm³/mol. The number of carbonyl (C=O) groups excluding carboxylic acids is 1. The Morgan fingerprint density at radius 2 is 2.09 bits per heavy atom. The van der Waals surface area contributed by atoms with Crippen molar-refractivity contribution in [1.82, 2.24) is 9.80 Å². The molecule has 4 nitrogen and oxygen atoms in total. The Morgan fingerprint density at radius 1 is 1.36 bits per heavy atom. The monoisotopic (exact) mass is 322 g/mol.